The minimum absolute atomic E-state index is 0.0842. The van der Waals surface area contributed by atoms with Crippen molar-refractivity contribution in [2.45, 2.75) is 51.5 Å². The number of ether oxygens (including phenoxy) is 3. The third kappa shape index (κ3) is 6.09. The van der Waals surface area contributed by atoms with Crippen molar-refractivity contribution in [3.8, 4) is 0 Å². The van der Waals surface area contributed by atoms with Crippen LogP contribution in [0.25, 0.3) is 10.2 Å². The molecular formula is C25H30ClN5O4S. The molecule has 192 valence electrons. The fraction of sp³-hybridized carbons (Fsp3) is 0.400. The number of aliphatic hydroxyl groups is 1. The van der Waals surface area contributed by atoms with E-state index in [1.165, 1.54) is 11.3 Å². The second-order valence-electron chi connectivity index (χ2n) is 8.52. The highest BCUT2D eigenvalue weighted by Gasteiger charge is 2.36. The summed E-state index contributed by atoms with van der Waals surface area (Å²) in [6, 6.07) is 13.2. The Balaban J connectivity index is 1.63. The summed E-state index contributed by atoms with van der Waals surface area (Å²) < 4.78 is 19.1. The summed E-state index contributed by atoms with van der Waals surface area (Å²) in [7, 11) is 0. The number of aliphatic hydroxyl groups excluding tert-OH is 1. The smallest absolute Gasteiger partial charge is 0.184 e. The Bertz CT molecular complexity index is 1250. The van der Waals surface area contributed by atoms with E-state index < -0.39 is 24.6 Å². The van der Waals surface area contributed by atoms with Gasteiger partial charge in [-0.05, 0) is 32.9 Å². The number of aryl methyl sites for hydroxylation is 1. The summed E-state index contributed by atoms with van der Waals surface area (Å²) in [5.41, 5.74) is 13.9. The first-order chi connectivity index (χ1) is 17.3. The van der Waals surface area contributed by atoms with E-state index in [1.807, 2.05) is 50.2 Å². The van der Waals surface area contributed by atoms with Gasteiger partial charge in [-0.1, -0.05) is 41.9 Å². The van der Waals surface area contributed by atoms with Gasteiger partial charge in [-0.3, -0.25) is 0 Å². The molecule has 1 aliphatic rings. The van der Waals surface area contributed by atoms with Crippen molar-refractivity contribution in [3.05, 3.63) is 58.1 Å². The van der Waals surface area contributed by atoms with Crippen LogP contribution < -0.4 is 11.5 Å². The van der Waals surface area contributed by atoms with Gasteiger partial charge in [0, 0.05) is 12.1 Å². The van der Waals surface area contributed by atoms with Crippen molar-refractivity contribution in [2.24, 2.45) is 21.5 Å². The van der Waals surface area contributed by atoms with Crippen molar-refractivity contribution < 1.29 is 19.3 Å². The lowest BCUT2D eigenvalue weighted by molar-refractivity contribution is -0.267. The highest BCUT2D eigenvalue weighted by Crippen LogP contribution is 2.37. The molecule has 2 heterocycles. The van der Waals surface area contributed by atoms with Gasteiger partial charge in [0.1, 0.15) is 12.2 Å². The Morgan fingerprint density at radius 1 is 1.31 bits per heavy atom. The third-order valence-electron chi connectivity index (χ3n) is 5.62. The summed E-state index contributed by atoms with van der Waals surface area (Å²) >= 11 is 8.13. The number of halogens is 1. The predicted molar refractivity (Wildman–Crippen MR) is 143 cm³/mol. The Labute approximate surface area is 218 Å². The molecular weight excluding hydrogens is 502 g/mol. The molecule has 0 amide bonds. The van der Waals surface area contributed by atoms with E-state index in [1.54, 1.807) is 13.0 Å². The molecule has 0 aliphatic carbocycles. The summed E-state index contributed by atoms with van der Waals surface area (Å²) in [5, 5.41) is 12.1. The molecule has 5 atom stereocenters. The van der Waals surface area contributed by atoms with Gasteiger partial charge in [0.15, 0.2) is 12.1 Å². The molecule has 1 aliphatic heterocycles. The number of aromatic nitrogens is 1. The van der Waals surface area contributed by atoms with Crippen molar-refractivity contribution in [1.29, 1.82) is 0 Å². The average Bonchev–Trinajstić information content (AvgIpc) is 3.25. The van der Waals surface area contributed by atoms with Crippen LogP contribution in [0.15, 0.2) is 52.4 Å². The molecule has 9 nitrogen and oxygen atoms in total. The lowest BCUT2D eigenvalue weighted by Crippen LogP contribution is -2.49. The fourth-order valence-corrected chi connectivity index (χ4v) is 4.98. The van der Waals surface area contributed by atoms with E-state index in [4.69, 9.17) is 37.3 Å². The Morgan fingerprint density at radius 2 is 2.06 bits per heavy atom. The van der Waals surface area contributed by atoms with Crippen molar-refractivity contribution in [2.75, 3.05) is 13.2 Å². The first-order valence-corrected chi connectivity index (χ1v) is 12.8. The lowest BCUT2D eigenvalue weighted by Gasteiger charge is -2.37. The number of amidine groups is 2. The number of nitrogens with zero attached hydrogens (tertiary/aromatic N) is 3. The van der Waals surface area contributed by atoms with Crippen molar-refractivity contribution in [3.63, 3.8) is 0 Å². The topological polar surface area (TPSA) is 138 Å². The summed E-state index contributed by atoms with van der Waals surface area (Å²) in [6.07, 6.45) is -3.49. The molecule has 5 N–H and O–H groups in total. The average molecular weight is 532 g/mol. The molecule has 0 spiro atoms. The Hall–Kier alpha value is -2.44. The number of nitrogens with two attached hydrogens (primary N) is 2. The quantitative estimate of drug-likeness (QED) is 0.311. The van der Waals surface area contributed by atoms with Gasteiger partial charge in [0.05, 0.1) is 50.6 Å². The molecule has 0 radical (unpaired) electrons. The molecule has 4 unspecified atom stereocenters. The van der Waals surface area contributed by atoms with Crippen LogP contribution in [0, 0.1) is 6.92 Å². The highest BCUT2D eigenvalue weighted by atomic mass is 35.5. The largest absolute Gasteiger partial charge is 0.389 e. The molecule has 1 fully saturated rings. The van der Waals surface area contributed by atoms with Crippen molar-refractivity contribution in [1.82, 2.24) is 4.98 Å². The maximum atomic E-state index is 10.8. The molecule has 4 rings (SSSR count). The zero-order valence-electron chi connectivity index (χ0n) is 20.3. The Morgan fingerprint density at radius 3 is 2.72 bits per heavy atom. The maximum absolute atomic E-state index is 10.8. The van der Waals surface area contributed by atoms with E-state index in [9.17, 15) is 5.11 Å². The van der Waals surface area contributed by atoms with Gasteiger partial charge in [-0.2, -0.15) is 0 Å². The van der Waals surface area contributed by atoms with E-state index in [0.717, 1.165) is 20.8 Å². The lowest BCUT2D eigenvalue weighted by atomic mass is 10.1. The number of thiazole rings is 1. The van der Waals surface area contributed by atoms with Crippen LogP contribution in [0.3, 0.4) is 0 Å². The van der Waals surface area contributed by atoms with Crippen molar-refractivity contribution >= 4 is 50.5 Å². The molecule has 0 bridgehead atoms. The highest BCUT2D eigenvalue weighted by molar-refractivity contribution is 7.19. The summed E-state index contributed by atoms with van der Waals surface area (Å²) in [5.74, 6) is 0.388. The zero-order chi connectivity index (χ0) is 25.8. The fourth-order valence-electron chi connectivity index (χ4n) is 3.81. The number of hydrogen-bond donors (Lipinski definition) is 3. The maximum Gasteiger partial charge on any atom is 0.184 e. The van der Waals surface area contributed by atoms with Gasteiger partial charge in [0.2, 0.25) is 0 Å². The molecule has 1 saturated heterocycles. The minimum Gasteiger partial charge on any atom is -0.389 e. The molecule has 2 aromatic carbocycles. The van der Waals surface area contributed by atoms with Crippen LogP contribution in [0.1, 0.15) is 30.7 Å². The van der Waals surface area contributed by atoms with Gasteiger partial charge in [0.25, 0.3) is 0 Å². The van der Waals surface area contributed by atoms with Crippen LogP contribution in [-0.2, 0) is 14.2 Å². The molecule has 36 heavy (non-hydrogen) atoms. The number of rotatable bonds is 7. The molecule has 11 heteroatoms. The van der Waals surface area contributed by atoms with E-state index in [2.05, 4.69) is 15.0 Å². The van der Waals surface area contributed by atoms with E-state index in [-0.39, 0.29) is 30.9 Å². The minimum atomic E-state index is -1.11. The number of benzene rings is 2. The number of aliphatic imine (C=N–C) groups is 2. The zero-order valence-corrected chi connectivity index (χ0v) is 21.9. The van der Waals surface area contributed by atoms with Crippen LogP contribution in [0.5, 0.6) is 0 Å². The molecule has 3 aromatic rings. The Kier molecular flexibility index (Phi) is 8.68. The predicted octanol–water partition coefficient (Wildman–Crippen LogP) is 3.87. The van der Waals surface area contributed by atoms with Gasteiger partial charge < -0.3 is 30.8 Å². The summed E-state index contributed by atoms with van der Waals surface area (Å²) in [4.78, 5) is 13.5. The van der Waals surface area contributed by atoms with Crippen LogP contribution >= 0.6 is 22.9 Å². The van der Waals surface area contributed by atoms with Crippen LogP contribution in [-0.4, -0.2) is 59.3 Å². The molecule has 0 saturated carbocycles. The van der Waals surface area contributed by atoms with E-state index in [0.29, 0.717) is 10.7 Å². The van der Waals surface area contributed by atoms with Crippen LogP contribution in [0.2, 0.25) is 5.02 Å². The number of hydrogen-bond acceptors (Lipinski definition) is 8. The standard InChI is InChI=1S/C25H30ClN5O4S/c1-13-20(12-33-25(34-13)16-7-5-4-6-8-16)35-22(19(32)11-27)24(29-14(2)28)31-17-9-10-18-23(21(17)26)36-15(3)30-18/h4-10,13,19-20,22,25,32H,11-12,27H2,1-3H3,(H2,28,29,31)/t13?,19-,20?,22?,25?/m0/s1. The van der Waals surface area contributed by atoms with Gasteiger partial charge in [-0.25, -0.2) is 15.0 Å². The summed E-state index contributed by atoms with van der Waals surface area (Å²) in [6.45, 7) is 5.58. The SMILES string of the molecule is CC(N)=NC(=Nc1ccc2nc(C)sc2c1Cl)C(OC1COC(c2ccccc2)OC1C)[C@@H](O)CN. The van der Waals surface area contributed by atoms with E-state index >= 15 is 0 Å². The second-order valence-corrected chi connectivity index (χ2v) is 10.1. The monoisotopic (exact) mass is 531 g/mol. The van der Waals surface area contributed by atoms with Crippen LogP contribution in [0.4, 0.5) is 5.69 Å². The first-order valence-electron chi connectivity index (χ1n) is 11.6. The molecule has 1 aromatic heterocycles. The first kappa shape index (κ1) is 26.6. The third-order valence-corrected chi connectivity index (χ3v) is 7.12. The van der Waals surface area contributed by atoms with Gasteiger partial charge in [-0.15, -0.1) is 11.3 Å². The number of fused-ring (bicyclic) bond motifs is 1. The second kappa shape index (κ2) is 11.7. The normalized spacial score (nSPS) is 23.1. The van der Waals surface area contributed by atoms with Gasteiger partial charge >= 0.3 is 0 Å².